The molecule has 7 atom stereocenters. The molecule has 0 aromatic heterocycles. The van der Waals surface area contributed by atoms with Crippen LogP contribution < -0.4 is 0 Å². The molecule has 0 aliphatic heterocycles. The minimum absolute atomic E-state index is 0.127. The van der Waals surface area contributed by atoms with E-state index in [0.717, 1.165) is 5.57 Å². The van der Waals surface area contributed by atoms with Gasteiger partial charge in [0.1, 0.15) is 42.6 Å². The highest BCUT2D eigenvalue weighted by Gasteiger charge is 2.71. The lowest BCUT2D eigenvalue weighted by Crippen LogP contribution is -2.68. The van der Waals surface area contributed by atoms with Crippen LogP contribution in [0, 0.1) is 23.2 Å². The van der Waals surface area contributed by atoms with E-state index in [1.807, 2.05) is 64.6 Å². The molecular weight excluding hydrogens is 598 g/mol. The molecule has 1 N–H and O–H groups in total. The van der Waals surface area contributed by atoms with Crippen molar-refractivity contribution in [1.82, 2.24) is 0 Å². The second kappa shape index (κ2) is 10.9. The SMILES string of the molecule is B[C@@]12C=C(C)C(=O)C1(O)CC(COI)=CC1C2[C@H](C)C(OC(=O)/C=C/C=C/C=C)[C@@](C)(OC(C)=O)C1(C)C. The normalized spacial score (nSPS) is 38.2. The molecule has 9 heteroatoms. The second-order valence-electron chi connectivity index (χ2n) is 11.7. The minimum Gasteiger partial charge on any atom is -0.455 e. The molecule has 0 saturated heterocycles. The first-order chi connectivity index (χ1) is 17.6. The molecule has 1 saturated carbocycles. The van der Waals surface area contributed by atoms with Gasteiger partial charge >= 0.3 is 11.9 Å². The van der Waals surface area contributed by atoms with Gasteiger partial charge in [-0.25, -0.2) is 4.79 Å². The fourth-order valence-corrected chi connectivity index (χ4v) is 7.60. The summed E-state index contributed by atoms with van der Waals surface area (Å²) in [4.78, 5) is 38.9. The largest absolute Gasteiger partial charge is 0.455 e. The van der Waals surface area contributed by atoms with E-state index in [0.29, 0.717) is 5.57 Å². The van der Waals surface area contributed by atoms with Gasteiger partial charge in [-0.15, -0.1) is 0 Å². The van der Waals surface area contributed by atoms with Crippen LogP contribution in [0.5, 0.6) is 0 Å². The Morgan fingerprint density at radius 2 is 1.92 bits per heavy atom. The fraction of sp³-hybridized carbons (Fsp3) is 0.552. The highest BCUT2D eigenvalue weighted by atomic mass is 127. The van der Waals surface area contributed by atoms with Crippen molar-refractivity contribution in [2.45, 2.75) is 70.6 Å². The molecule has 0 heterocycles. The van der Waals surface area contributed by atoms with E-state index in [1.165, 1.54) is 13.0 Å². The summed E-state index contributed by atoms with van der Waals surface area (Å²) in [5, 5.41) is 11.1. The van der Waals surface area contributed by atoms with E-state index < -0.39 is 45.9 Å². The van der Waals surface area contributed by atoms with Crippen molar-refractivity contribution in [2.24, 2.45) is 23.2 Å². The Labute approximate surface area is 240 Å². The number of fused-ring (bicyclic) bond motifs is 3. The van der Waals surface area contributed by atoms with Crippen LogP contribution in [0.1, 0.15) is 48.0 Å². The number of esters is 2. The van der Waals surface area contributed by atoms with Gasteiger partial charge in [0, 0.05) is 30.8 Å². The second-order valence-corrected chi connectivity index (χ2v) is 12.3. The lowest BCUT2D eigenvalue weighted by molar-refractivity contribution is -0.245. The number of carbonyl (C=O) groups excluding carboxylic acids is 3. The Balaban J connectivity index is 2.24. The predicted octanol–water partition coefficient (Wildman–Crippen LogP) is 4.18. The van der Waals surface area contributed by atoms with Gasteiger partial charge in [0.15, 0.2) is 11.4 Å². The summed E-state index contributed by atoms with van der Waals surface area (Å²) >= 11 is 1.81. The summed E-state index contributed by atoms with van der Waals surface area (Å²) < 4.78 is 17.6. The quantitative estimate of drug-likeness (QED) is 0.112. The van der Waals surface area contributed by atoms with Gasteiger partial charge in [0.05, 0.1) is 6.61 Å². The Bertz CT molecular complexity index is 1140. The molecule has 0 bridgehead atoms. The average Bonchev–Trinajstić information content (AvgIpc) is 2.91. The van der Waals surface area contributed by atoms with Gasteiger partial charge in [0.25, 0.3) is 0 Å². The Morgan fingerprint density at radius 3 is 2.50 bits per heavy atom. The third-order valence-corrected chi connectivity index (χ3v) is 9.56. The maximum absolute atomic E-state index is 13.4. The standard InChI is InChI=1S/C29H38BIO7/c1-8-9-10-11-12-22(33)37-25-18(3)23-21(26(5,6)27(25,7)38-19(4)32)13-20(16-36-31)15-29(35)24(34)17(2)14-28(23,29)30/h8-14,18,21,23,25,35H,1,15-16,30H2,2-7H3/b10-9+,12-11+/t18-,21?,23?,25?,27+,28+,29?/m0/s1. The summed E-state index contributed by atoms with van der Waals surface area (Å²) in [5.74, 6) is -2.36. The van der Waals surface area contributed by atoms with Gasteiger partial charge in [-0.1, -0.05) is 63.8 Å². The smallest absolute Gasteiger partial charge is 0.331 e. The van der Waals surface area contributed by atoms with E-state index >= 15 is 0 Å². The highest BCUT2D eigenvalue weighted by molar-refractivity contribution is 14.1. The van der Waals surface area contributed by atoms with Crippen LogP contribution in [-0.4, -0.2) is 54.6 Å². The van der Waals surface area contributed by atoms with Gasteiger partial charge in [-0.05, 0) is 42.1 Å². The molecule has 1 fully saturated rings. The van der Waals surface area contributed by atoms with Gasteiger partial charge in [-0.2, -0.15) is 0 Å². The summed E-state index contributed by atoms with van der Waals surface area (Å²) in [5.41, 5.74) is -2.36. The molecule has 0 aromatic rings. The van der Waals surface area contributed by atoms with E-state index in [-0.39, 0.29) is 30.6 Å². The van der Waals surface area contributed by atoms with Gasteiger partial charge in [-0.3, -0.25) is 9.59 Å². The van der Waals surface area contributed by atoms with E-state index in [4.69, 9.17) is 12.5 Å². The molecule has 206 valence electrons. The zero-order valence-corrected chi connectivity index (χ0v) is 25.4. The number of ether oxygens (including phenoxy) is 2. The first kappa shape index (κ1) is 30.6. The van der Waals surface area contributed by atoms with E-state index in [2.05, 4.69) is 12.7 Å². The third-order valence-electron chi connectivity index (χ3n) is 9.25. The van der Waals surface area contributed by atoms with Crippen molar-refractivity contribution in [3.05, 3.63) is 60.3 Å². The van der Waals surface area contributed by atoms with Gasteiger partial charge < -0.3 is 17.6 Å². The van der Waals surface area contributed by atoms with Crippen molar-refractivity contribution in [2.75, 3.05) is 6.61 Å². The minimum atomic E-state index is -1.68. The van der Waals surface area contributed by atoms with Crippen molar-refractivity contribution in [3.8, 4) is 0 Å². The first-order valence-electron chi connectivity index (χ1n) is 12.9. The summed E-state index contributed by atoms with van der Waals surface area (Å²) in [7, 11) is 1.92. The summed E-state index contributed by atoms with van der Waals surface area (Å²) in [6, 6.07) is 0. The fourth-order valence-electron chi connectivity index (χ4n) is 7.20. The zero-order chi connectivity index (χ0) is 28.7. The van der Waals surface area contributed by atoms with Crippen LogP contribution >= 0.6 is 23.0 Å². The maximum atomic E-state index is 13.4. The molecule has 0 spiro atoms. The van der Waals surface area contributed by atoms with Crippen LogP contribution in [0.4, 0.5) is 0 Å². The molecule has 7 nitrogen and oxygen atoms in total. The van der Waals surface area contributed by atoms with E-state index in [1.54, 1.807) is 31.2 Å². The average molecular weight is 636 g/mol. The van der Waals surface area contributed by atoms with Crippen molar-refractivity contribution >= 4 is 48.6 Å². The molecular formula is C29H38BIO7. The number of rotatable bonds is 7. The lowest BCUT2D eigenvalue weighted by Gasteiger charge is -2.62. The first-order valence-corrected chi connectivity index (χ1v) is 13.7. The molecule has 0 radical (unpaired) electrons. The monoisotopic (exact) mass is 636 g/mol. The van der Waals surface area contributed by atoms with Crippen LogP contribution in [0.2, 0.25) is 5.31 Å². The van der Waals surface area contributed by atoms with Crippen LogP contribution in [0.25, 0.3) is 0 Å². The molecule has 3 rings (SSSR count). The molecule has 38 heavy (non-hydrogen) atoms. The Kier molecular flexibility index (Phi) is 8.76. The number of aliphatic hydroxyl groups is 1. The lowest BCUT2D eigenvalue weighted by atomic mass is 9.41. The summed E-state index contributed by atoms with van der Waals surface area (Å²) in [6.45, 7) is 14.7. The highest BCUT2D eigenvalue weighted by Crippen LogP contribution is 2.68. The Hall–Kier alpha value is -1.98. The van der Waals surface area contributed by atoms with Crippen LogP contribution in [0.15, 0.2) is 60.3 Å². The topological polar surface area (TPSA) is 99.1 Å². The number of ketones is 1. The molecule has 0 amide bonds. The molecule has 3 aliphatic rings. The van der Waals surface area contributed by atoms with E-state index in [9.17, 15) is 19.5 Å². The number of hydrogen-bond donors (Lipinski definition) is 1. The van der Waals surface area contributed by atoms with Crippen molar-refractivity contribution in [1.29, 1.82) is 0 Å². The van der Waals surface area contributed by atoms with Gasteiger partial charge in [0.2, 0.25) is 0 Å². The molecule has 4 unspecified atom stereocenters. The number of Topliss-reactive ketones (excluding diaryl/α,β-unsaturated/α-hetero) is 1. The third kappa shape index (κ3) is 4.79. The van der Waals surface area contributed by atoms with Crippen molar-refractivity contribution in [3.63, 3.8) is 0 Å². The van der Waals surface area contributed by atoms with Crippen molar-refractivity contribution < 1.29 is 32.0 Å². The van der Waals surface area contributed by atoms with Crippen LogP contribution in [0.3, 0.4) is 0 Å². The number of carbonyl (C=O) groups is 3. The predicted molar refractivity (Wildman–Crippen MR) is 156 cm³/mol. The van der Waals surface area contributed by atoms with Crippen LogP contribution in [-0.2, 0) is 26.9 Å². The number of hydrogen-bond acceptors (Lipinski definition) is 7. The Morgan fingerprint density at radius 1 is 1.26 bits per heavy atom. The maximum Gasteiger partial charge on any atom is 0.331 e. The molecule has 3 aliphatic carbocycles. The number of allylic oxidation sites excluding steroid dienone is 5. The zero-order valence-electron chi connectivity index (χ0n) is 23.2. The number of halogens is 1. The summed E-state index contributed by atoms with van der Waals surface area (Å²) in [6.07, 6.45) is 11.0. The molecule has 0 aromatic carbocycles.